The summed E-state index contributed by atoms with van der Waals surface area (Å²) in [5.74, 6) is -2.48. The topological polar surface area (TPSA) is 59.2 Å². The van der Waals surface area contributed by atoms with E-state index in [4.69, 9.17) is 4.74 Å². The summed E-state index contributed by atoms with van der Waals surface area (Å²) < 4.78 is 31.3. The molecule has 0 spiro atoms. The molecule has 0 aliphatic heterocycles. The molecule has 1 aromatic heterocycles. The molecule has 0 atom stereocenters. The molecule has 0 bridgehead atoms. The lowest BCUT2D eigenvalue weighted by Gasteiger charge is -1.98. The molecule has 2 rings (SSSR count). The van der Waals surface area contributed by atoms with Gasteiger partial charge < -0.3 is 9.72 Å². The number of carbonyl (C=O) groups is 2. The first-order valence-corrected chi connectivity index (χ1v) is 5.21. The van der Waals surface area contributed by atoms with Gasteiger partial charge in [-0.25, -0.2) is 13.6 Å². The van der Waals surface area contributed by atoms with Crippen molar-refractivity contribution in [2.75, 3.05) is 6.61 Å². The van der Waals surface area contributed by atoms with E-state index in [0.717, 1.165) is 6.07 Å². The zero-order valence-corrected chi connectivity index (χ0v) is 9.42. The summed E-state index contributed by atoms with van der Waals surface area (Å²) in [4.78, 5) is 25.0. The molecule has 1 heterocycles. The van der Waals surface area contributed by atoms with Gasteiger partial charge in [-0.3, -0.25) is 4.79 Å². The van der Waals surface area contributed by atoms with Crippen LogP contribution in [0.1, 0.15) is 27.8 Å². The molecular formula is C12H9F2NO3. The number of nitrogens with one attached hydrogen (secondary N) is 1. The standard InChI is InChI=1S/C12H9F2NO3/c1-2-18-12(17)11-8(5-16)7-3-6(13)4-9(14)10(7)15-11/h3-5,15H,2H2,1H3. The molecule has 4 nitrogen and oxygen atoms in total. The Bertz CT molecular complexity index is 634. The Morgan fingerprint density at radius 2 is 2.17 bits per heavy atom. The van der Waals surface area contributed by atoms with Gasteiger partial charge >= 0.3 is 5.97 Å². The lowest BCUT2D eigenvalue weighted by Crippen LogP contribution is -2.07. The molecule has 0 aliphatic rings. The minimum Gasteiger partial charge on any atom is -0.461 e. The maximum absolute atomic E-state index is 13.5. The number of fused-ring (bicyclic) bond motifs is 1. The van der Waals surface area contributed by atoms with Gasteiger partial charge in [0.05, 0.1) is 17.7 Å². The van der Waals surface area contributed by atoms with Gasteiger partial charge in [0, 0.05) is 11.5 Å². The van der Waals surface area contributed by atoms with Crippen molar-refractivity contribution in [3.05, 3.63) is 35.0 Å². The number of ether oxygens (including phenoxy) is 1. The van der Waals surface area contributed by atoms with E-state index in [1.54, 1.807) is 6.92 Å². The highest BCUT2D eigenvalue weighted by Gasteiger charge is 2.20. The Hall–Kier alpha value is -2.24. The minimum atomic E-state index is -0.872. The van der Waals surface area contributed by atoms with Crippen LogP contribution in [0.4, 0.5) is 8.78 Å². The first-order chi connectivity index (χ1) is 8.58. The highest BCUT2D eigenvalue weighted by atomic mass is 19.1. The highest BCUT2D eigenvalue weighted by Crippen LogP contribution is 2.25. The third-order valence-electron chi connectivity index (χ3n) is 2.46. The fraction of sp³-hybridized carbons (Fsp3) is 0.167. The SMILES string of the molecule is CCOC(=O)c1[nH]c2c(F)cc(F)cc2c1C=O. The molecule has 0 aliphatic carbocycles. The van der Waals surface area contributed by atoms with Crippen LogP contribution in [-0.4, -0.2) is 23.8 Å². The number of aromatic amines is 1. The van der Waals surface area contributed by atoms with Crippen LogP contribution in [0.5, 0.6) is 0 Å². The Labute approximate surface area is 101 Å². The number of halogens is 2. The number of hydrogen-bond donors (Lipinski definition) is 1. The average molecular weight is 253 g/mol. The monoisotopic (exact) mass is 253 g/mol. The van der Waals surface area contributed by atoms with Crippen molar-refractivity contribution >= 4 is 23.2 Å². The second-order valence-corrected chi connectivity index (χ2v) is 3.56. The molecule has 18 heavy (non-hydrogen) atoms. The zero-order chi connectivity index (χ0) is 13.3. The number of aromatic nitrogens is 1. The van der Waals surface area contributed by atoms with Crippen molar-refractivity contribution in [3.63, 3.8) is 0 Å². The second kappa shape index (κ2) is 4.56. The largest absolute Gasteiger partial charge is 0.461 e. The average Bonchev–Trinajstić information content (AvgIpc) is 2.68. The predicted octanol–water partition coefficient (Wildman–Crippen LogP) is 2.44. The van der Waals surface area contributed by atoms with Crippen LogP contribution in [0.25, 0.3) is 10.9 Å². The summed E-state index contributed by atoms with van der Waals surface area (Å²) in [6.07, 6.45) is 0.365. The summed E-state index contributed by atoms with van der Waals surface area (Å²) in [6, 6.07) is 1.66. The van der Waals surface area contributed by atoms with Gasteiger partial charge in [-0.2, -0.15) is 0 Å². The molecule has 0 saturated carbocycles. The number of aldehydes is 1. The predicted molar refractivity (Wildman–Crippen MR) is 59.6 cm³/mol. The van der Waals surface area contributed by atoms with Gasteiger partial charge in [0.2, 0.25) is 0 Å². The van der Waals surface area contributed by atoms with E-state index in [-0.39, 0.29) is 28.8 Å². The number of hydrogen-bond acceptors (Lipinski definition) is 3. The fourth-order valence-corrected chi connectivity index (χ4v) is 1.73. The fourth-order valence-electron chi connectivity index (χ4n) is 1.73. The van der Waals surface area contributed by atoms with Crippen molar-refractivity contribution in [3.8, 4) is 0 Å². The summed E-state index contributed by atoms with van der Waals surface area (Å²) in [6.45, 7) is 1.71. The Morgan fingerprint density at radius 1 is 1.44 bits per heavy atom. The second-order valence-electron chi connectivity index (χ2n) is 3.56. The molecule has 1 N–H and O–H groups in total. The van der Waals surface area contributed by atoms with Crippen molar-refractivity contribution in [2.45, 2.75) is 6.92 Å². The Morgan fingerprint density at radius 3 is 2.78 bits per heavy atom. The van der Waals surface area contributed by atoms with Crippen LogP contribution in [0, 0.1) is 11.6 Å². The van der Waals surface area contributed by atoms with Crippen molar-refractivity contribution in [2.24, 2.45) is 0 Å². The molecule has 2 aromatic rings. The van der Waals surface area contributed by atoms with E-state index in [9.17, 15) is 18.4 Å². The Kier molecular flexibility index (Phi) is 3.10. The van der Waals surface area contributed by atoms with Crippen molar-refractivity contribution in [1.29, 1.82) is 0 Å². The van der Waals surface area contributed by atoms with Crippen LogP contribution in [0.3, 0.4) is 0 Å². The van der Waals surface area contributed by atoms with Crippen LogP contribution in [-0.2, 0) is 4.74 Å². The number of rotatable bonds is 3. The summed E-state index contributed by atoms with van der Waals surface area (Å²) in [7, 11) is 0. The molecule has 6 heteroatoms. The first-order valence-electron chi connectivity index (χ1n) is 5.21. The number of benzene rings is 1. The van der Waals surface area contributed by atoms with Gasteiger partial charge in [0.15, 0.2) is 6.29 Å². The quantitative estimate of drug-likeness (QED) is 0.675. The maximum Gasteiger partial charge on any atom is 0.355 e. The third kappa shape index (κ3) is 1.85. The number of esters is 1. The minimum absolute atomic E-state index is 0.0190. The molecular weight excluding hydrogens is 244 g/mol. The third-order valence-corrected chi connectivity index (χ3v) is 2.46. The van der Waals surface area contributed by atoms with Gasteiger partial charge in [0.1, 0.15) is 17.3 Å². The lowest BCUT2D eigenvalue weighted by atomic mass is 10.1. The summed E-state index contributed by atoms with van der Waals surface area (Å²) >= 11 is 0. The van der Waals surface area contributed by atoms with E-state index in [1.165, 1.54) is 0 Å². The van der Waals surface area contributed by atoms with Crippen LogP contribution >= 0.6 is 0 Å². The number of H-pyrrole nitrogens is 1. The van der Waals surface area contributed by atoms with Gasteiger partial charge in [-0.1, -0.05) is 0 Å². The van der Waals surface area contributed by atoms with E-state index in [1.807, 2.05) is 0 Å². The highest BCUT2D eigenvalue weighted by molar-refractivity contribution is 6.08. The molecule has 1 aromatic carbocycles. The normalized spacial score (nSPS) is 10.6. The lowest BCUT2D eigenvalue weighted by molar-refractivity contribution is 0.0518. The Balaban J connectivity index is 2.72. The molecule has 0 unspecified atom stereocenters. The molecule has 94 valence electrons. The van der Waals surface area contributed by atoms with Gasteiger partial charge in [0.25, 0.3) is 0 Å². The smallest absolute Gasteiger partial charge is 0.355 e. The van der Waals surface area contributed by atoms with Crippen molar-refractivity contribution in [1.82, 2.24) is 4.98 Å². The van der Waals surface area contributed by atoms with Gasteiger partial charge in [-0.15, -0.1) is 0 Å². The molecule has 0 fully saturated rings. The van der Waals surface area contributed by atoms with Crippen LogP contribution in [0.15, 0.2) is 12.1 Å². The van der Waals surface area contributed by atoms with Crippen LogP contribution in [0.2, 0.25) is 0 Å². The van der Waals surface area contributed by atoms with E-state index in [0.29, 0.717) is 12.4 Å². The number of carbonyl (C=O) groups excluding carboxylic acids is 2. The van der Waals surface area contributed by atoms with Crippen molar-refractivity contribution < 1.29 is 23.1 Å². The molecule has 0 amide bonds. The first kappa shape index (κ1) is 12.2. The van der Waals surface area contributed by atoms with E-state index < -0.39 is 17.6 Å². The summed E-state index contributed by atoms with van der Waals surface area (Å²) in [5.41, 5.74) is -0.380. The van der Waals surface area contributed by atoms with Crippen LogP contribution < -0.4 is 0 Å². The molecule has 0 saturated heterocycles. The van der Waals surface area contributed by atoms with E-state index in [2.05, 4.69) is 4.98 Å². The zero-order valence-electron chi connectivity index (χ0n) is 9.42. The summed E-state index contributed by atoms with van der Waals surface area (Å²) in [5, 5.41) is 0.0190. The maximum atomic E-state index is 13.5. The molecule has 0 radical (unpaired) electrons. The van der Waals surface area contributed by atoms with E-state index >= 15 is 0 Å². The van der Waals surface area contributed by atoms with Gasteiger partial charge in [-0.05, 0) is 13.0 Å².